The van der Waals surface area contributed by atoms with Crippen LogP contribution < -0.4 is 5.32 Å². The van der Waals surface area contributed by atoms with E-state index in [1.807, 2.05) is 13.8 Å². The molecule has 0 heterocycles. The minimum Gasteiger partial charge on any atom is -0.465 e. The maximum atomic E-state index is 14.3. The Hall–Kier alpha value is -2.12. The number of thioether (sulfide) groups is 1. The van der Waals surface area contributed by atoms with E-state index in [-0.39, 0.29) is 22.2 Å². The van der Waals surface area contributed by atoms with Gasteiger partial charge in [0.2, 0.25) is 0 Å². The van der Waals surface area contributed by atoms with Gasteiger partial charge in [0.1, 0.15) is 16.9 Å². The number of hydrogen-bond acceptors (Lipinski definition) is 4. The van der Waals surface area contributed by atoms with Crippen LogP contribution in [0.25, 0.3) is 0 Å². The Labute approximate surface area is 178 Å². The van der Waals surface area contributed by atoms with Gasteiger partial charge in [-0.2, -0.15) is 0 Å². The average Bonchev–Trinajstić information content (AvgIpc) is 2.69. The molecular formula is C21H22ClF2NO3S. The molecule has 0 spiro atoms. The highest BCUT2D eigenvalue weighted by Crippen LogP contribution is 2.36. The molecule has 1 atom stereocenters. The first-order valence-corrected chi connectivity index (χ1v) is 10.5. The van der Waals surface area contributed by atoms with E-state index < -0.39 is 22.8 Å². The average molecular weight is 442 g/mol. The summed E-state index contributed by atoms with van der Waals surface area (Å²) in [5.74, 6) is -2.32. The van der Waals surface area contributed by atoms with E-state index in [1.165, 1.54) is 24.3 Å². The van der Waals surface area contributed by atoms with Gasteiger partial charge >= 0.3 is 5.97 Å². The van der Waals surface area contributed by atoms with E-state index >= 15 is 0 Å². The second-order valence-electron chi connectivity index (χ2n) is 6.29. The molecule has 8 heteroatoms. The van der Waals surface area contributed by atoms with Gasteiger partial charge in [0, 0.05) is 10.5 Å². The van der Waals surface area contributed by atoms with Crippen LogP contribution in [0.1, 0.15) is 43.5 Å². The predicted molar refractivity (Wildman–Crippen MR) is 112 cm³/mol. The lowest BCUT2D eigenvalue weighted by atomic mass is 10.2. The highest BCUT2D eigenvalue weighted by Gasteiger charge is 2.23. The molecule has 2 aromatic rings. The Morgan fingerprint density at radius 1 is 1.17 bits per heavy atom. The van der Waals surface area contributed by atoms with E-state index in [0.29, 0.717) is 24.3 Å². The molecular weight excluding hydrogens is 420 g/mol. The number of halogens is 3. The standard InChI is InChI=1S/C21H22ClF2NO3S/c1-3-6-18(21(27)28-9-4-2)29-19-12-17(16(24)11-15(19)22)25-20(26)13-7-5-8-14(23)10-13/h5,7-8,10-12,18H,3-4,6,9H2,1-2H3,(H,25,26). The molecule has 0 bridgehead atoms. The summed E-state index contributed by atoms with van der Waals surface area (Å²) in [6.45, 7) is 4.17. The zero-order chi connectivity index (χ0) is 21.4. The monoisotopic (exact) mass is 441 g/mol. The van der Waals surface area contributed by atoms with Crippen molar-refractivity contribution < 1.29 is 23.1 Å². The molecule has 0 aliphatic carbocycles. The van der Waals surface area contributed by atoms with Gasteiger partial charge in [-0.25, -0.2) is 8.78 Å². The molecule has 0 fully saturated rings. The van der Waals surface area contributed by atoms with Crippen LogP contribution in [0.4, 0.5) is 14.5 Å². The van der Waals surface area contributed by atoms with Crippen molar-refractivity contribution in [1.29, 1.82) is 0 Å². The third-order valence-electron chi connectivity index (χ3n) is 3.89. The number of benzene rings is 2. The fourth-order valence-electron chi connectivity index (χ4n) is 2.48. The fourth-order valence-corrected chi connectivity index (χ4v) is 3.94. The third-order valence-corrected chi connectivity index (χ3v) is 5.62. The first-order valence-electron chi connectivity index (χ1n) is 9.25. The number of carbonyl (C=O) groups is 2. The zero-order valence-corrected chi connectivity index (χ0v) is 17.7. The summed E-state index contributed by atoms with van der Waals surface area (Å²) in [4.78, 5) is 25.0. The normalized spacial score (nSPS) is 11.8. The Morgan fingerprint density at radius 2 is 1.93 bits per heavy atom. The largest absolute Gasteiger partial charge is 0.465 e. The van der Waals surface area contributed by atoms with E-state index in [9.17, 15) is 18.4 Å². The lowest BCUT2D eigenvalue weighted by Gasteiger charge is -2.17. The van der Waals surface area contributed by atoms with Crippen LogP contribution in [-0.2, 0) is 9.53 Å². The van der Waals surface area contributed by atoms with Crippen molar-refractivity contribution in [2.45, 2.75) is 43.3 Å². The minimum atomic E-state index is -0.732. The lowest BCUT2D eigenvalue weighted by molar-refractivity contribution is -0.143. The number of esters is 1. The summed E-state index contributed by atoms with van der Waals surface area (Å²) < 4.78 is 32.9. The third kappa shape index (κ3) is 6.72. The molecule has 0 saturated heterocycles. The smallest absolute Gasteiger partial charge is 0.319 e. The van der Waals surface area contributed by atoms with Crippen molar-refractivity contribution in [2.75, 3.05) is 11.9 Å². The number of anilines is 1. The quantitative estimate of drug-likeness (QED) is 0.378. The second kappa shape index (κ2) is 11.2. The maximum Gasteiger partial charge on any atom is 0.319 e. The number of carbonyl (C=O) groups excluding carboxylic acids is 2. The van der Waals surface area contributed by atoms with Gasteiger partial charge in [0.25, 0.3) is 5.91 Å². The van der Waals surface area contributed by atoms with E-state index in [1.54, 1.807) is 0 Å². The zero-order valence-electron chi connectivity index (χ0n) is 16.1. The second-order valence-corrected chi connectivity index (χ2v) is 7.94. The lowest BCUT2D eigenvalue weighted by Crippen LogP contribution is -2.20. The van der Waals surface area contributed by atoms with Gasteiger partial charge in [-0.3, -0.25) is 9.59 Å². The molecule has 0 aromatic heterocycles. The number of nitrogens with one attached hydrogen (secondary N) is 1. The van der Waals surface area contributed by atoms with Crippen molar-refractivity contribution >= 4 is 40.9 Å². The van der Waals surface area contributed by atoms with E-state index in [2.05, 4.69) is 5.32 Å². The molecule has 1 amide bonds. The van der Waals surface area contributed by atoms with Crippen molar-refractivity contribution in [3.8, 4) is 0 Å². The van der Waals surface area contributed by atoms with Crippen molar-refractivity contribution in [3.05, 3.63) is 58.6 Å². The first-order chi connectivity index (χ1) is 13.8. The van der Waals surface area contributed by atoms with Crippen LogP contribution in [0, 0.1) is 11.6 Å². The summed E-state index contributed by atoms with van der Waals surface area (Å²) in [6.07, 6.45) is 2.02. The Kier molecular flexibility index (Phi) is 8.92. The van der Waals surface area contributed by atoms with Crippen LogP contribution in [0.2, 0.25) is 5.02 Å². The molecule has 0 aliphatic rings. The Balaban J connectivity index is 2.23. The van der Waals surface area contributed by atoms with Gasteiger partial charge in [0.15, 0.2) is 0 Å². The number of hydrogen-bond donors (Lipinski definition) is 1. The predicted octanol–water partition coefficient (Wildman–Crippen LogP) is 6.08. The van der Waals surface area contributed by atoms with E-state index in [4.69, 9.17) is 16.3 Å². The van der Waals surface area contributed by atoms with Gasteiger partial charge in [0.05, 0.1) is 17.3 Å². The van der Waals surface area contributed by atoms with Crippen LogP contribution in [0.15, 0.2) is 41.3 Å². The molecule has 156 valence electrons. The van der Waals surface area contributed by atoms with Crippen LogP contribution in [0.5, 0.6) is 0 Å². The SMILES string of the molecule is CCCOC(=O)C(CCC)Sc1cc(NC(=O)c2cccc(F)c2)c(F)cc1Cl. The minimum absolute atomic E-state index is 0.0561. The fraction of sp³-hybridized carbons (Fsp3) is 0.333. The molecule has 29 heavy (non-hydrogen) atoms. The molecule has 0 aliphatic heterocycles. The Bertz CT molecular complexity index is 879. The van der Waals surface area contributed by atoms with Crippen molar-refractivity contribution in [1.82, 2.24) is 0 Å². The molecule has 1 unspecified atom stereocenters. The van der Waals surface area contributed by atoms with Crippen molar-refractivity contribution in [3.63, 3.8) is 0 Å². The van der Waals surface area contributed by atoms with Crippen LogP contribution in [0.3, 0.4) is 0 Å². The van der Waals surface area contributed by atoms with Gasteiger partial charge < -0.3 is 10.1 Å². The molecule has 4 nitrogen and oxygen atoms in total. The van der Waals surface area contributed by atoms with Crippen LogP contribution >= 0.6 is 23.4 Å². The van der Waals surface area contributed by atoms with Gasteiger partial charge in [-0.1, -0.05) is 37.9 Å². The van der Waals surface area contributed by atoms with Crippen LogP contribution in [-0.4, -0.2) is 23.7 Å². The van der Waals surface area contributed by atoms with E-state index in [0.717, 1.165) is 30.3 Å². The molecule has 1 N–H and O–H groups in total. The molecule has 0 saturated carbocycles. The number of amides is 1. The summed E-state index contributed by atoms with van der Waals surface area (Å²) >= 11 is 7.32. The summed E-state index contributed by atoms with van der Waals surface area (Å²) in [7, 11) is 0. The Morgan fingerprint density at radius 3 is 2.59 bits per heavy atom. The summed E-state index contributed by atoms with van der Waals surface area (Å²) in [5, 5.41) is 2.05. The number of rotatable bonds is 9. The molecule has 2 aromatic carbocycles. The van der Waals surface area contributed by atoms with Crippen molar-refractivity contribution in [2.24, 2.45) is 0 Å². The topological polar surface area (TPSA) is 55.4 Å². The van der Waals surface area contributed by atoms with Gasteiger partial charge in [-0.15, -0.1) is 11.8 Å². The highest BCUT2D eigenvalue weighted by molar-refractivity contribution is 8.00. The molecule has 2 rings (SSSR count). The maximum absolute atomic E-state index is 14.3. The first kappa shape index (κ1) is 23.2. The molecule has 0 radical (unpaired) electrons. The van der Waals surface area contributed by atoms with Gasteiger partial charge in [-0.05, 0) is 43.2 Å². The number of ether oxygens (including phenoxy) is 1. The highest BCUT2D eigenvalue weighted by atomic mass is 35.5. The summed E-state index contributed by atoms with van der Waals surface area (Å²) in [5.41, 5.74) is -0.0520. The summed E-state index contributed by atoms with van der Waals surface area (Å²) in [6, 6.07) is 7.52.